The van der Waals surface area contributed by atoms with Crippen LogP contribution >= 0.6 is 0 Å². The van der Waals surface area contributed by atoms with Gasteiger partial charge in [-0.3, -0.25) is 0 Å². The summed E-state index contributed by atoms with van der Waals surface area (Å²) in [4.78, 5) is 0. The van der Waals surface area contributed by atoms with E-state index >= 15 is 0 Å². The maximum absolute atomic E-state index is 9.52. The molecule has 2 N–H and O–H groups in total. The standard InChI is InChI=1S/C9H17NO2/c11-9-3-1-2-7(9)4-10-8-5-12-6-8/h7-11H,1-6H2. The Balaban J connectivity index is 1.64. The Morgan fingerprint density at radius 2 is 2.17 bits per heavy atom. The second-order valence-electron chi connectivity index (χ2n) is 3.90. The molecule has 2 atom stereocenters. The van der Waals surface area contributed by atoms with Gasteiger partial charge in [0.25, 0.3) is 0 Å². The van der Waals surface area contributed by atoms with Gasteiger partial charge in [-0.05, 0) is 18.8 Å². The van der Waals surface area contributed by atoms with Crippen LogP contribution in [0.4, 0.5) is 0 Å². The van der Waals surface area contributed by atoms with Crippen molar-refractivity contribution in [2.75, 3.05) is 19.8 Å². The predicted octanol–water partition coefficient (Wildman–Crippen LogP) is 0.136. The highest BCUT2D eigenvalue weighted by atomic mass is 16.5. The lowest BCUT2D eigenvalue weighted by Gasteiger charge is -2.28. The molecule has 2 aliphatic rings. The zero-order valence-electron chi connectivity index (χ0n) is 7.33. The summed E-state index contributed by atoms with van der Waals surface area (Å²) in [6.45, 7) is 2.67. The summed E-state index contributed by atoms with van der Waals surface area (Å²) in [5, 5.41) is 12.9. The van der Waals surface area contributed by atoms with Gasteiger partial charge in [0.2, 0.25) is 0 Å². The predicted molar refractivity (Wildman–Crippen MR) is 46.0 cm³/mol. The number of aliphatic hydroxyl groups is 1. The maximum Gasteiger partial charge on any atom is 0.0643 e. The minimum atomic E-state index is -0.0569. The molecule has 0 bridgehead atoms. The monoisotopic (exact) mass is 171 g/mol. The average molecular weight is 171 g/mol. The van der Waals surface area contributed by atoms with E-state index < -0.39 is 0 Å². The molecule has 1 heterocycles. The molecule has 1 saturated carbocycles. The Morgan fingerprint density at radius 3 is 2.67 bits per heavy atom. The summed E-state index contributed by atoms with van der Waals surface area (Å²) in [7, 11) is 0. The third kappa shape index (κ3) is 1.79. The average Bonchev–Trinajstić information content (AvgIpc) is 2.33. The van der Waals surface area contributed by atoms with Crippen LogP contribution in [0, 0.1) is 5.92 Å². The molecule has 0 amide bonds. The molecule has 3 heteroatoms. The Labute approximate surface area is 73.1 Å². The van der Waals surface area contributed by atoms with E-state index in [1.165, 1.54) is 12.8 Å². The zero-order valence-corrected chi connectivity index (χ0v) is 7.33. The summed E-state index contributed by atoms with van der Waals surface area (Å²) in [6, 6.07) is 0.554. The van der Waals surface area contributed by atoms with Crippen LogP contribution in [0.25, 0.3) is 0 Å². The number of ether oxygens (including phenoxy) is 1. The van der Waals surface area contributed by atoms with Gasteiger partial charge in [0.1, 0.15) is 0 Å². The summed E-state index contributed by atoms with van der Waals surface area (Å²) in [5.74, 6) is 0.491. The normalized spacial score (nSPS) is 36.8. The maximum atomic E-state index is 9.52. The van der Waals surface area contributed by atoms with E-state index in [-0.39, 0.29) is 6.10 Å². The van der Waals surface area contributed by atoms with Crippen LogP contribution in [-0.4, -0.2) is 37.0 Å². The van der Waals surface area contributed by atoms with Gasteiger partial charge >= 0.3 is 0 Å². The van der Waals surface area contributed by atoms with Crippen molar-refractivity contribution in [1.29, 1.82) is 0 Å². The van der Waals surface area contributed by atoms with Gasteiger partial charge in [0, 0.05) is 6.54 Å². The fourth-order valence-electron chi connectivity index (χ4n) is 1.93. The summed E-state index contributed by atoms with van der Waals surface area (Å²) in [6.07, 6.45) is 3.31. The van der Waals surface area contributed by atoms with Crippen molar-refractivity contribution in [1.82, 2.24) is 5.32 Å². The van der Waals surface area contributed by atoms with Gasteiger partial charge in [-0.15, -0.1) is 0 Å². The van der Waals surface area contributed by atoms with Gasteiger partial charge in [0.05, 0.1) is 25.4 Å². The molecule has 0 aromatic rings. The first-order valence-electron chi connectivity index (χ1n) is 4.85. The molecule has 0 aromatic carbocycles. The molecule has 12 heavy (non-hydrogen) atoms. The first kappa shape index (κ1) is 8.48. The number of nitrogens with one attached hydrogen (secondary N) is 1. The van der Waals surface area contributed by atoms with E-state index in [1.54, 1.807) is 0 Å². The topological polar surface area (TPSA) is 41.5 Å². The van der Waals surface area contributed by atoms with Crippen LogP contribution in [0.1, 0.15) is 19.3 Å². The molecule has 1 saturated heterocycles. The molecule has 2 rings (SSSR count). The zero-order chi connectivity index (χ0) is 8.39. The van der Waals surface area contributed by atoms with Crippen LogP contribution in [0.2, 0.25) is 0 Å². The van der Waals surface area contributed by atoms with Crippen molar-refractivity contribution >= 4 is 0 Å². The molecule has 1 aliphatic heterocycles. The first-order valence-corrected chi connectivity index (χ1v) is 4.85. The molecule has 2 fully saturated rings. The number of hydrogen-bond donors (Lipinski definition) is 2. The number of rotatable bonds is 3. The smallest absolute Gasteiger partial charge is 0.0643 e. The molecule has 0 aromatic heterocycles. The van der Waals surface area contributed by atoms with E-state index in [0.29, 0.717) is 12.0 Å². The van der Waals surface area contributed by atoms with Crippen molar-refractivity contribution in [3.05, 3.63) is 0 Å². The second-order valence-corrected chi connectivity index (χ2v) is 3.90. The molecular weight excluding hydrogens is 154 g/mol. The van der Waals surface area contributed by atoms with Gasteiger partial charge in [-0.2, -0.15) is 0 Å². The van der Waals surface area contributed by atoms with Crippen molar-refractivity contribution in [3.63, 3.8) is 0 Å². The van der Waals surface area contributed by atoms with E-state index in [0.717, 1.165) is 26.2 Å². The van der Waals surface area contributed by atoms with Crippen LogP contribution in [0.3, 0.4) is 0 Å². The molecule has 70 valence electrons. The van der Waals surface area contributed by atoms with Crippen molar-refractivity contribution < 1.29 is 9.84 Å². The summed E-state index contributed by atoms with van der Waals surface area (Å²) >= 11 is 0. The third-order valence-electron chi connectivity index (χ3n) is 2.93. The van der Waals surface area contributed by atoms with Crippen molar-refractivity contribution in [3.8, 4) is 0 Å². The van der Waals surface area contributed by atoms with Crippen LogP contribution in [-0.2, 0) is 4.74 Å². The van der Waals surface area contributed by atoms with E-state index in [9.17, 15) is 5.11 Å². The second kappa shape index (κ2) is 3.73. The number of hydrogen-bond acceptors (Lipinski definition) is 3. The fraction of sp³-hybridized carbons (Fsp3) is 1.00. The van der Waals surface area contributed by atoms with Gasteiger partial charge < -0.3 is 15.2 Å². The SMILES string of the molecule is OC1CCCC1CNC1COC1. The van der Waals surface area contributed by atoms with Crippen molar-refractivity contribution in [2.45, 2.75) is 31.4 Å². The Hall–Kier alpha value is -0.120. The lowest BCUT2D eigenvalue weighted by atomic mass is 10.1. The highest BCUT2D eigenvalue weighted by Gasteiger charge is 2.26. The summed E-state index contributed by atoms with van der Waals surface area (Å²) in [5.41, 5.74) is 0. The molecule has 3 nitrogen and oxygen atoms in total. The highest BCUT2D eigenvalue weighted by molar-refractivity contribution is 4.81. The minimum absolute atomic E-state index is 0.0569. The molecule has 1 aliphatic carbocycles. The summed E-state index contributed by atoms with van der Waals surface area (Å²) < 4.78 is 5.05. The Kier molecular flexibility index (Phi) is 2.63. The quantitative estimate of drug-likeness (QED) is 0.634. The lowest BCUT2D eigenvalue weighted by Crippen LogP contribution is -2.48. The Bertz CT molecular complexity index is 147. The fourth-order valence-corrected chi connectivity index (χ4v) is 1.93. The molecular formula is C9H17NO2. The minimum Gasteiger partial charge on any atom is -0.393 e. The Morgan fingerprint density at radius 1 is 1.33 bits per heavy atom. The molecule has 2 unspecified atom stereocenters. The van der Waals surface area contributed by atoms with Gasteiger partial charge in [0.15, 0.2) is 0 Å². The first-order chi connectivity index (χ1) is 5.86. The van der Waals surface area contributed by atoms with E-state index in [4.69, 9.17) is 4.74 Å². The van der Waals surface area contributed by atoms with Crippen LogP contribution in [0.15, 0.2) is 0 Å². The highest BCUT2D eigenvalue weighted by Crippen LogP contribution is 2.24. The van der Waals surface area contributed by atoms with E-state index in [1.807, 2.05) is 0 Å². The largest absolute Gasteiger partial charge is 0.393 e. The third-order valence-corrected chi connectivity index (χ3v) is 2.93. The van der Waals surface area contributed by atoms with Gasteiger partial charge in [-0.25, -0.2) is 0 Å². The van der Waals surface area contributed by atoms with Crippen LogP contribution < -0.4 is 5.32 Å². The van der Waals surface area contributed by atoms with E-state index in [2.05, 4.69) is 5.32 Å². The van der Waals surface area contributed by atoms with Crippen molar-refractivity contribution in [2.24, 2.45) is 5.92 Å². The molecule has 0 spiro atoms. The lowest BCUT2D eigenvalue weighted by molar-refractivity contribution is -0.00877. The van der Waals surface area contributed by atoms with Crippen LogP contribution in [0.5, 0.6) is 0 Å². The van der Waals surface area contributed by atoms with Gasteiger partial charge in [-0.1, -0.05) is 6.42 Å². The number of aliphatic hydroxyl groups excluding tert-OH is 1. The molecule has 0 radical (unpaired) electrons.